The molecule has 2 aromatic carbocycles. The van der Waals surface area contributed by atoms with Crippen molar-refractivity contribution >= 4 is 21.6 Å². The molecule has 7 heteroatoms. The maximum absolute atomic E-state index is 13.1. The van der Waals surface area contributed by atoms with Crippen molar-refractivity contribution in [3.63, 3.8) is 0 Å². The number of nitrogens with zero attached hydrogens (tertiary/aromatic N) is 1. The van der Waals surface area contributed by atoms with Gasteiger partial charge in [-0.25, -0.2) is 12.8 Å². The number of carbonyl (C=O) groups excluding carboxylic acids is 1. The number of para-hydroxylation sites is 1. The molecule has 3 rings (SSSR count). The number of carbonyl (C=O) groups is 1. The van der Waals surface area contributed by atoms with Crippen LogP contribution in [0.25, 0.3) is 0 Å². The number of aryl methyl sites for hydroxylation is 2. The highest BCUT2D eigenvalue weighted by molar-refractivity contribution is 7.89. The fraction of sp³-hybridized carbons (Fsp3) is 0.381. The van der Waals surface area contributed by atoms with E-state index in [4.69, 9.17) is 0 Å². The molecule has 0 bridgehead atoms. The summed E-state index contributed by atoms with van der Waals surface area (Å²) in [5, 5.41) is 3.01. The molecule has 28 heavy (non-hydrogen) atoms. The van der Waals surface area contributed by atoms with E-state index in [2.05, 4.69) is 5.32 Å². The molecule has 1 heterocycles. The van der Waals surface area contributed by atoms with Gasteiger partial charge in [0.05, 0.1) is 10.8 Å². The molecular formula is C21H25FN2O3S. The first-order chi connectivity index (χ1) is 13.3. The highest BCUT2D eigenvalue weighted by atomic mass is 32.2. The molecule has 1 saturated heterocycles. The Hall–Kier alpha value is -2.25. The van der Waals surface area contributed by atoms with Gasteiger partial charge in [-0.05, 0) is 61.6 Å². The molecule has 1 N–H and O–H groups in total. The lowest BCUT2D eigenvalue weighted by Crippen LogP contribution is -2.43. The van der Waals surface area contributed by atoms with Crippen molar-refractivity contribution in [3.05, 3.63) is 59.4 Å². The van der Waals surface area contributed by atoms with Crippen molar-refractivity contribution < 1.29 is 17.6 Å². The van der Waals surface area contributed by atoms with Crippen LogP contribution in [0.1, 0.15) is 30.9 Å². The summed E-state index contributed by atoms with van der Waals surface area (Å²) in [5.41, 5.74) is 2.85. The second-order valence-electron chi connectivity index (χ2n) is 7.11. The van der Waals surface area contributed by atoms with Gasteiger partial charge in [0, 0.05) is 18.8 Å². The van der Waals surface area contributed by atoms with Crippen molar-refractivity contribution in [1.29, 1.82) is 0 Å². The zero-order chi connectivity index (χ0) is 20.3. The molecule has 1 atom stereocenters. The molecule has 1 aliphatic heterocycles. The van der Waals surface area contributed by atoms with E-state index in [-0.39, 0.29) is 17.3 Å². The maximum Gasteiger partial charge on any atom is 0.243 e. The van der Waals surface area contributed by atoms with Gasteiger partial charge < -0.3 is 5.32 Å². The van der Waals surface area contributed by atoms with Crippen LogP contribution in [0.2, 0.25) is 0 Å². The minimum absolute atomic E-state index is 0.0436. The molecule has 0 spiro atoms. The topological polar surface area (TPSA) is 66.5 Å². The monoisotopic (exact) mass is 404 g/mol. The van der Waals surface area contributed by atoms with E-state index in [1.807, 2.05) is 32.0 Å². The lowest BCUT2D eigenvalue weighted by molar-refractivity contribution is -0.120. The number of halogens is 1. The minimum Gasteiger partial charge on any atom is -0.325 e. The van der Waals surface area contributed by atoms with Crippen LogP contribution in [0.4, 0.5) is 10.1 Å². The molecule has 0 aromatic heterocycles. The largest absolute Gasteiger partial charge is 0.325 e. The number of hydrogen-bond donors (Lipinski definition) is 1. The van der Waals surface area contributed by atoms with Crippen molar-refractivity contribution in [2.24, 2.45) is 5.92 Å². The first-order valence-corrected chi connectivity index (χ1v) is 10.9. The summed E-state index contributed by atoms with van der Waals surface area (Å²) in [5.74, 6) is -1.07. The molecule has 0 radical (unpaired) electrons. The van der Waals surface area contributed by atoms with E-state index in [1.54, 1.807) is 0 Å². The molecule has 0 saturated carbocycles. The van der Waals surface area contributed by atoms with Gasteiger partial charge in [-0.3, -0.25) is 4.79 Å². The van der Waals surface area contributed by atoms with Gasteiger partial charge in [0.15, 0.2) is 0 Å². The molecule has 2 aromatic rings. The second kappa shape index (κ2) is 8.41. The Morgan fingerprint density at radius 1 is 1.21 bits per heavy atom. The Kier molecular flexibility index (Phi) is 6.15. The highest BCUT2D eigenvalue weighted by Gasteiger charge is 2.33. The summed E-state index contributed by atoms with van der Waals surface area (Å²) in [6.07, 6.45) is 2.04. The molecule has 0 aliphatic carbocycles. The quantitative estimate of drug-likeness (QED) is 0.826. The van der Waals surface area contributed by atoms with Crippen molar-refractivity contribution in [1.82, 2.24) is 4.31 Å². The molecule has 1 unspecified atom stereocenters. The number of benzene rings is 2. The Morgan fingerprint density at radius 3 is 2.61 bits per heavy atom. The number of piperidine rings is 1. The number of nitrogens with one attached hydrogen (secondary N) is 1. The average molecular weight is 405 g/mol. The van der Waals surface area contributed by atoms with Crippen LogP contribution in [-0.2, 0) is 21.2 Å². The van der Waals surface area contributed by atoms with Gasteiger partial charge in [-0.1, -0.05) is 25.1 Å². The zero-order valence-corrected chi connectivity index (χ0v) is 16.9. The SMILES string of the molecule is CCc1cccc(C)c1NC(=O)C1CCCN(S(=O)(=O)c2ccc(F)cc2)C1. The van der Waals surface area contributed by atoms with Crippen molar-refractivity contribution in [2.45, 2.75) is 38.0 Å². The summed E-state index contributed by atoms with van der Waals surface area (Å²) >= 11 is 0. The van der Waals surface area contributed by atoms with E-state index in [1.165, 1.54) is 16.4 Å². The van der Waals surface area contributed by atoms with E-state index < -0.39 is 21.8 Å². The van der Waals surface area contributed by atoms with Gasteiger partial charge in [-0.15, -0.1) is 0 Å². The first-order valence-electron chi connectivity index (χ1n) is 9.48. The van der Waals surface area contributed by atoms with Crippen LogP contribution >= 0.6 is 0 Å². The lowest BCUT2D eigenvalue weighted by atomic mass is 9.98. The summed E-state index contributed by atoms with van der Waals surface area (Å²) in [6, 6.07) is 10.7. The number of anilines is 1. The van der Waals surface area contributed by atoms with Gasteiger partial charge >= 0.3 is 0 Å². The van der Waals surface area contributed by atoms with Crippen LogP contribution in [0.3, 0.4) is 0 Å². The normalized spacial score (nSPS) is 18.0. The summed E-state index contributed by atoms with van der Waals surface area (Å²) in [4.78, 5) is 12.9. The summed E-state index contributed by atoms with van der Waals surface area (Å²) in [6.45, 7) is 4.45. The predicted molar refractivity (Wildman–Crippen MR) is 107 cm³/mol. The lowest BCUT2D eigenvalue weighted by Gasteiger charge is -2.31. The zero-order valence-electron chi connectivity index (χ0n) is 16.1. The van der Waals surface area contributed by atoms with Crippen LogP contribution in [0.5, 0.6) is 0 Å². The molecule has 1 fully saturated rings. The average Bonchev–Trinajstić information content (AvgIpc) is 2.70. The Bertz CT molecular complexity index is 958. The molecule has 1 aliphatic rings. The Labute approximate surface area is 165 Å². The Morgan fingerprint density at radius 2 is 1.93 bits per heavy atom. The highest BCUT2D eigenvalue weighted by Crippen LogP contribution is 2.27. The molecule has 5 nitrogen and oxygen atoms in total. The number of rotatable bonds is 5. The predicted octanol–water partition coefficient (Wildman–Crippen LogP) is 3.74. The number of sulfonamides is 1. The third-order valence-electron chi connectivity index (χ3n) is 5.19. The van der Waals surface area contributed by atoms with Crippen LogP contribution in [0, 0.1) is 18.7 Å². The fourth-order valence-electron chi connectivity index (χ4n) is 3.56. The smallest absolute Gasteiger partial charge is 0.243 e. The minimum atomic E-state index is -3.75. The number of hydrogen-bond acceptors (Lipinski definition) is 3. The third-order valence-corrected chi connectivity index (χ3v) is 7.07. The van der Waals surface area contributed by atoms with Gasteiger partial charge in [0.2, 0.25) is 15.9 Å². The molecule has 150 valence electrons. The standard InChI is InChI=1S/C21H25FN2O3S/c1-3-16-7-4-6-15(2)20(16)23-21(25)17-8-5-13-24(14-17)28(26,27)19-11-9-18(22)10-12-19/h4,6-7,9-12,17H,3,5,8,13-14H2,1-2H3,(H,23,25). The summed E-state index contributed by atoms with van der Waals surface area (Å²) < 4.78 is 40.2. The Balaban J connectivity index is 1.76. The van der Waals surface area contributed by atoms with Gasteiger partial charge in [0.1, 0.15) is 5.82 Å². The first kappa shape index (κ1) is 20.5. The molecular weight excluding hydrogens is 379 g/mol. The van der Waals surface area contributed by atoms with E-state index in [0.717, 1.165) is 35.4 Å². The van der Waals surface area contributed by atoms with Gasteiger partial charge in [0.25, 0.3) is 0 Å². The van der Waals surface area contributed by atoms with Gasteiger partial charge in [-0.2, -0.15) is 4.31 Å². The number of amides is 1. The van der Waals surface area contributed by atoms with E-state index in [0.29, 0.717) is 19.4 Å². The van der Waals surface area contributed by atoms with Crippen molar-refractivity contribution in [2.75, 3.05) is 18.4 Å². The van der Waals surface area contributed by atoms with E-state index in [9.17, 15) is 17.6 Å². The second-order valence-corrected chi connectivity index (χ2v) is 9.05. The third kappa shape index (κ3) is 4.25. The fourth-order valence-corrected chi connectivity index (χ4v) is 5.08. The van der Waals surface area contributed by atoms with Crippen LogP contribution in [0.15, 0.2) is 47.4 Å². The molecule has 1 amide bonds. The maximum atomic E-state index is 13.1. The van der Waals surface area contributed by atoms with Crippen LogP contribution < -0.4 is 5.32 Å². The van der Waals surface area contributed by atoms with E-state index >= 15 is 0 Å². The summed E-state index contributed by atoms with van der Waals surface area (Å²) in [7, 11) is -3.75. The van der Waals surface area contributed by atoms with Crippen LogP contribution in [-0.4, -0.2) is 31.7 Å². The van der Waals surface area contributed by atoms with Crippen molar-refractivity contribution in [3.8, 4) is 0 Å².